The topological polar surface area (TPSA) is 89.9 Å². The third-order valence-electron chi connectivity index (χ3n) is 4.84. The summed E-state index contributed by atoms with van der Waals surface area (Å²) in [5.74, 6) is 2.88. The maximum absolute atomic E-state index is 9.18. The van der Waals surface area contributed by atoms with Crippen LogP contribution in [-0.4, -0.2) is 41.0 Å². The van der Waals surface area contributed by atoms with Crippen molar-refractivity contribution in [2.75, 3.05) is 30.0 Å². The number of nitriles is 1. The maximum atomic E-state index is 9.18. The monoisotopic (exact) mass is 338 g/mol. The smallest absolute Gasteiger partial charge is 0.153 e. The molecule has 2 aliphatic rings. The first kappa shape index (κ1) is 15.9. The molecule has 130 valence electrons. The summed E-state index contributed by atoms with van der Waals surface area (Å²) in [6.45, 7) is 6.35. The molecule has 1 aliphatic heterocycles. The third kappa shape index (κ3) is 3.30. The van der Waals surface area contributed by atoms with Gasteiger partial charge < -0.3 is 15.0 Å². The van der Waals surface area contributed by atoms with E-state index in [-0.39, 0.29) is 12.0 Å². The zero-order chi connectivity index (χ0) is 17.4. The number of H-pyrrole nitrogens is 1. The predicted molar refractivity (Wildman–Crippen MR) is 94.9 cm³/mol. The third-order valence-corrected chi connectivity index (χ3v) is 4.84. The van der Waals surface area contributed by atoms with Crippen molar-refractivity contribution in [1.82, 2.24) is 15.2 Å². The molecule has 1 saturated carbocycles. The fraction of sp³-hybridized carbons (Fsp3) is 0.500. The van der Waals surface area contributed by atoms with Crippen molar-refractivity contribution in [2.45, 2.75) is 32.2 Å². The van der Waals surface area contributed by atoms with E-state index in [0.29, 0.717) is 19.1 Å². The Balaban J connectivity index is 1.66. The molecule has 0 bridgehead atoms. The molecule has 0 radical (unpaired) electrons. The Bertz CT molecular complexity index is 810. The highest BCUT2D eigenvalue weighted by atomic mass is 16.5. The van der Waals surface area contributed by atoms with Gasteiger partial charge in [0.25, 0.3) is 0 Å². The minimum atomic E-state index is 0.123. The van der Waals surface area contributed by atoms with Gasteiger partial charge in [0.1, 0.15) is 11.6 Å². The molecule has 2 aromatic rings. The van der Waals surface area contributed by atoms with Crippen LogP contribution in [0, 0.1) is 24.2 Å². The number of pyridine rings is 1. The van der Waals surface area contributed by atoms with Crippen LogP contribution in [0.15, 0.2) is 18.2 Å². The Morgan fingerprint density at radius 1 is 1.36 bits per heavy atom. The van der Waals surface area contributed by atoms with Gasteiger partial charge in [-0.1, -0.05) is 0 Å². The average molecular weight is 338 g/mol. The molecule has 1 aliphatic carbocycles. The summed E-state index contributed by atoms with van der Waals surface area (Å²) < 4.78 is 5.54. The lowest BCUT2D eigenvalue weighted by molar-refractivity contribution is 0.0985. The number of anilines is 3. The van der Waals surface area contributed by atoms with Gasteiger partial charge in [0.05, 0.1) is 31.2 Å². The van der Waals surface area contributed by atoms with Gasteiger partial charge >= 0.3 is 0 Å². The molecule has 7 heteroatoms. The second-order valence-electron chi connectivity index (χ2n) is 6.90. The number of nitrogens with zero attached hydrogens (tertiary/aromatic N) is 4. The summed E-state index contributed by atoms with van der Waals surface area (Å²) in [6, 6.07) is 8.77. The molecule has 0 amide bonds. The van der Waals surface area contributed by atoms with Gasteiger partial charge in [-0.3, -0.25) is 5.10 Å². The quantitative estimate of drug-likeness (QED) is 0.891. The van der Waals surface area contributed by atoms with Gasteiger partial charge in [-0.25, -0.2) is 4.98 Å². The SMILES string of the molecule is Cc1cc(Nc2cc(C3CC3C#N)cc(N3CCOC[C@H]3C)n2)n[nH]1. The number of rotatable bonds is 4. The Morgan fingerprint density at radius 3 is 2.92 bits per heavy atom. The number of nitrogens with one attached hydrogen (secondary N) is 2. The van der Waals surface area contributed by atoms with Gasteiger partial charge in [-0.05, 0) is 38.0 Å². The Hall–Kier alpha value is -2.59. The highest BCUT2D eigenvalue weighted by Crippen LogP contribution is 2.48. The van der Waals surface area contributed by atoms with Crippen LogP contribution in [0.1, 0.15) is 30.5 Å². The number of hydrogen-bond donors (Lipinski definition) is 2. The zero-order valence-electron chi connectivity index (χ0n) is 14.5. The average Bonchev–Trinajstić information content (AvgIpc) is 3.30. The lowest BCUT2D eigenvalue weighted by Gasteiger charge is -2.34. The van der Waals surface area contributed by atoms with Gasteiger partial charge in [0.2, 0.25) is 0 Å². The van der Waals surface area contributed by atoms with E-state index in [0.717, 1.165) is 36.1 Å². The van der Waals surface area contributed by atoms with E-state index in [1.165, 1.54) is 5.56 Å². The summed E-state index contributed by atoms with van der Waals surface area (Å²) >= 11 is 0. The van der Waals surface area contributed by atoms with Crippen LogP contribution in [0.5, 0.6) is 0 Å². The molecule has 2 N–H and O–H groups in total. The van der Waals surface area contributed by atoms with Crippen molar-refractivity contribution in [3.05, 3.63) is 29.5 Å². The normalized spacial score (nSPS) is 25.5. The molecule has 2 fully saturated rings. The van der Waals surface area contributed by atoms with E-state index < -0.39 is 0 Å². The van der Waals surface area contributed by atoms with Crippen molar-refractivity contribution >= 4 is 17.5 Å². The van der Waals surface area contributed by atoms with Crippen LogP contribution >= 0.6 is 0 Å². The van der Waals surface area contributed by atoms with Crippen LogP contribution in [0.2, 0.25) is 0 Å². The van der Waals surface area contributed by atoms with Crippen molar-refractivity contribution < 1.29 is 4.74 Å². The molecule has 3 heterocycles. The second kappa shape index (κ2) is 6.37. The number of aryl methyl sites for hydroxylation is 1. The van der Waals surface area contributed by atoms with Gasteiger partial charge in [-0.2, -0.15) is 10.4 Å². The molecular weight excluding hydrogens is 316 g/mol. The summed E-state index contributed by atoms with van der Waals surface area (Å²) in [7, 11) is 0. The number of aromatic amines is 1. The van der Waals surface area contributed by atoms with Crippen LogP contribution in [0.25, 0.3) is 0 Å². The summed E-state index contributed by atoms with van der Waals surface area (Å²) in [4.78, 5) is 7.07. The minimum absolute atomic E-state index is 0.123. The molecular formula is C18H22N6O. The highest BCUT2D eigenvalue weighted by Gasteiger charge is 2.39. The van der Waals surface area contributed by atoms with Crippen LogP contribution in [-0.2, 0) is 4.74 Å². The predicted octanol–water partition coefficient (Wildman–Crippen LogP) is 2.71. The minimum Gasteiger partial charge on any atom is -0.377 e. The van der Waals surface area contributed by atoms with Crippen molar-refractivity contribution in [2.24, 2.45) is 5.92 Å². The van der Waals surface area contributed by atoms with Crippen molar-refractivity contribution in [3.63, 3.8) is 0 Å². The molecule has 2 aromatic heterocycles. The zero-order valence-corrected chi connectivity index (χ0v) is 14.5. The van der Waals surface area contributed by atoms with Crippen LogP contribution in [0.3, 0.4) is 0 Å². The fourth-order valence-electron chi connectivity index (χ4n) is 3.35. The van der Waals surface area contributed by atoms with Gasteiger partial charge in [-0.15, -0.1) is 0 Å². The number of hydrogen-bond acceptors (Lipinski definition) is 6. The Kier molecular flexibility index (Phi) is 4.06. The van der Waals surface area contributed by atoms with Gasteiger partial charge in [0.15, 0.2) is 5.82 Å². The van der Waals surface area contributed by atoms with E-state index in [1.54, 1.807) is 0 Å². The number of ether oxygens (including phenoxy) is 1. The summed E-state index contributed by atoms with van der Waals surface area (Å²) in [5.41, 5.74) is 2.16. The van der Waals surface area contributed by atoms with Crippen LogP contribution in [0.4, 0.5) is 17.5 Å². The summed E-state index contributed by atoms with van der Waals surface area (Å²) in [6.07, 6.45) is 0.930. The molecule has 7 nitrogen and oxygen atoms in total. The lowest BCUT2D eigenvalue weighted by Crippen LogP contribution is -2.44. The Morgan fingerprint density at radius 2 is 2.24 bits per heavy atom. The second-order valence-corrected chi connectivity index (χ2v) is 6.90. The van der Waals surface area contributed by atoms with E-state index in [4.69, 9.17) is 9.72 Å². The lowest BCUT2D eigenvalue weighted by atomic mass is 10.1. The standard InChI is InChI=1S/C18H22N6O/c1-11-5-17(23-22-11)20-16-7-13(15-6-14(15)9-19)8-18(21-16)24-3-4-25-10-12(24)2/h5,7-8,12,14-15H,3-4,6,10H2,1-2H3,(H2,20,21,22,23)/t12-,14?,15?/m1/s1. The molecule has 0 spiro atoms. The van der Waals surface area contributed by atoms with Crippen molar-refractivity contribution in [1.29, 1.82) is 5.26 Å². The Labute approximate surface area is 147 Å². The molecule has 25 heavy (non-hydrogen) atoms. The number of aromatic nitrogens is 3. The van der Waals surface area contributed by atoms with E-state index in [9.17, 15) is 5.26 Å². The first-order valence-electron chi connectivity index (χ1n) is 8.69. The van der Waals surface area contributed by atoms with Crippen molar-refractivity contribution in [3.8, 4) is 6.07 Å². The fourth-order valence-corrected chi connectivity index (χ4v) is 3.35. The highest BCUT2D eigenvalue weighted by molar-refractivity contribution is 5.59. The largest absolute Gasteiger partial charge is 0.377 e. The maximum Gasteiger partial charge on any atom is 0.153 e. The first-order chi connectivity index (χ1) is 12.1. The number of morpholine rings is 1. The molecule has 4 rings (SSSR count). The summed E-state index contributed by atoms with van der Waals surface area (Å²) in [5, 5.41) is 19.6. The molecule has 0 aromatic carbocycles. The van der Waals surface area contributed by atoms with E-state index in [1.807, 2.05) is 19.1 Å². The van der Waals surface area contributed by atoms with E-state index in [2.05, 4.69) is 39.5 Å². The van der Waals surface area contributed by atoms with E-state index >= 15 is 0 Å². The first-order valence-corrected chi connectivity index (χ1v) is 8.69. The molecule has 2 unspecified atom stereocenters. The van der Waals surface area contributed by atoms with Crippen LogP contribution < -0.4 is 10.2 Å². The van der Waals surface area contributed by atoms with Gasteiger partial charge in [0, 0.05) is 24.2 Å². The molecule has 1 saturated heterocycles. The molecule has 3 atom stereocenters.